The Morgan fingerprint density at radius 2 is 1.83 bits per heavy atom. The Hall–Kier alpha value is -2.38. The van der Waals surface area contributed by atoms with E-state index < -0.39 is 0 Å². The van der Waals surface area contributed by atoms with Gasteiger partial charge in [0.2, 0.25) is 0 Å². The van der Waals surface area contributed by atoms with Crippen molar-refractivity contribution in [3.63, 3.8) is 0 Å². The first-order valence-corrected chi connectivity index (χ1v) is 7.17. The van der Waals surface area contributed by atoms with Crippen molar-refractivity contribution in [2.24, 2.45) is 5.73 Å². The molecule has 124 valence electrons. The van der Waals surface area contributed by atoms with Gasteiger partial charge in [0.05, 0.1) is 32.1 Å². The average molecular weight is 319 g/mol. The molecule has 0 spiro atoms. The van der Waals surface area contributed by atoms with Gasteiger partial charge in [-0.05, 0) is 12.1 Å². The number of nitrogens with zero attached hydrogens (tertiary/aromatic N) is 1. The number of fused-ring (bicyclic) bond motifs is 1. The van der Waals surface area contributed by atoms with Crippen molar-refractivity contribution in [2.75, 3.05) is 34.5 Å². The Bertz CT molecular complexity index is 703. The molecule has 0 unspecified atom stereocenters. The molecule has 23 heavy (non-hydrogen) atoms. The Morgan fingerprint density at radius 1 is 1.17 bits per heavy atom. The molecule has 1 heterocycles. The van der Waals surface area contributed by atoms with E-state index in [1.807, 2.05) is 0 Å². The minimum Gasteiger partial charge on any atom is -0.493 e. The first-order valence-electron chi connectivity index (χ1n) is 7.17. The van der Waals surface area contributed by atoms with Gasteiger partial charge in [-0.2, -0.15) is 0 Å². The minimum absolute atomic E-state index is 0.227. The lowest BCUT2D eigenvalue weighted by Crippen LogP contribution is -2.27. The molecule has 0 saturated heterocycles. The van der Waals surface area contributed by atoms with Gasteiger partial charge in [0, 0.05) is 37.2 Å². The summed E-state index contributed by atoms with van der Waals surface area (Å²) < 4.78 is 15.6. The number of nitrogens with one attached hydrogen (secondary N) is 1. The first kappa shape index (κ1) is 17.0. The summed E-state index contributed by atoms with van der Waals surface area (Å²) in [4.78, 5) is 16.7. The third-order valence-electron chi connectivity index (χ3n) is 3.50. The fraction of sp³-hybridized carbons (Fsp3) is 0.375. The zero-order valence-corrected chi connectivity index (χ0v) is 13.5. The topological polar surface area (TPSA) is 95.7 Å². The van der Waals surface area contributed by atoms with Gasteiger partial charge in [-0.15, -0.1) is 0 Å². The van der Waals surface area contributed by atoms with Crippen LogP contribution in [-0.2, 0) is 11.3 Å². The third kappa shape index (κ3) is 3.52. The highest BCUT2D eigenvalue weighted by Gasteiger charge is 2.16. The van der Waals surface area contributed by atoms with Crippen molar-refractivity contribution in [3.05, 3.63) is 29.6 Å². The van der Waals surface area contributed by atoms with E-state index in [-0.39, 0.29) is 12.5 Å². The van der Waals surface area contributed by atoms with Crippen LogP contribution in [0.4, 0.5) is 0 Å². The van der Waals surface area contributed by atoms with Crippen LogP contribution in [0.1, 0.15) is 16.1 Å². The lowest BCUT2D eigenvalue weighted by Gasteiger charge is -2.14. The molecule has 1 amide bonds. The first-order chi connectivity index (χ1) is 11.2. The Morgan fingerprint density at radius 3 is 2.39 bits per heavy atom. The number of benzene rings is 1. The summed E-state index contributed by atoms with van der Waals surface area (Å²) in [5, 5.41) is 4.27. The van der Waals surface area contributed by atoms with E-state index in [9.17, 15) is 4.79 Å². The van der Waals surface area contributed by atoms with Gasteiger partial charge in [0.1, 0.15) is 0 Å². The van der Waals surface area contributed by atoms with E-state index in [2.05, 4.69) is 10.3 Å². The molecule has 0 saturated carbocycles. The van der Waals surface area contributed by atoms with Crippen molar-refractivity contribution >= 4 is 16.7 Å². The SMILES string of the molecule is COCCNC(=O)c1cnc(CN)c2cc(OC)c(OC)cc12. The summed E-state index contributed by atoms with van der Waals surface area (Å²) in [6.07, 6.45) is 1.53. The molecule has 0 atom stereocenters. The minimum atomic E-state index is -0.227. The monoisotopic (exact) mass is 319 g/mol. The fourth-order valence-corrected chi connectivity index (χ4v) is 2.33. The molecular formula is C16H21N3O4. The van der Waals surface area contributed by atoms with E-state index in [4.69, 9.17) is 19.9 Å². The van der Waals surface area contributed by atoms with E-state index in [1.165, 1.54) is 6.20 Å². The van der Waals surface area contributed by atoms with Crippen LogP contribution in [-0.4, -0.2) is 45.4 Å². The number of rotatable bonds is 7. The lowest BCUT2D eigenvalue weighted by molar-refractivity contribution is 0.0938. The number of aromatic nitrogens is 1. The summed E-state index contributed by atoms with van der Waals surface area (Å²) >= 11 is 0. The van der Waals surface area contributed by atoms with Gasteiger partial charge in [-0.1, -0.05) is 0 Å². The molecule has 0 radical (unpaired) electrons. The fourth-order valence-electron chi connectivity index (χ4n) is 2.33. The second-order valence-electron chi connectivity index (χ2n) is 4.82. The highest BCUT2D eigenvalue weighted by Crippen LogP contribution is 2.34. The predicted octanol–water partition coefficient (Wildman–Crippen LogP) is 1.09. The summed E-state index contributed by atoms with van der Waals surface area (Å²) in [6, 6.07) is 3.55. The molecule has 7 heteroatoms. The number of amides is 1. The van der Waals surface area contributed by atoms with Crippen molar-refractivity contribution in [1.29, 1.82) is 0 Å². The highest BCUT2D eigenvalue weighted by molar-refractivity contribution is 6.08. The molecule has 0 bridgehead atoms. The number of pyridine rings is 1. The molecule has 0 aliphatic rings. The molecular weight excluding hydrogens is 298 g/mol. The quantitative estimate of drug-likeness (QED) is 0.742. The number of nitrogens with two attached hydrogens (primary N) is 1. The third-order valence-corrected chi connectivity index (χ3v) is 3.50. The van der Waals surface area contributed by atoms with E-state index in [1.54, 1.807) is 33.5 Å². The summed E-state index contributed by atoms with van der Waals surface area (Å²) in [5.41, 5.74) is 6.89. The number of methoxy groups -OCH3 is 3. The second kappa shape index (κ2) is 7.75. The summed E-state index contributed by atoms with van der Waals surface area (Å²) in [7, 11) is 4.68. The second-order valence-corrected chi connectivity index (χ2v) is 4.82. The number of hydrogen-bond acceptors (Lipinski definition) is 6. The van der Waals surface area contributed by atoms with E-state index in [0.29, 0.717) is 41.3 Å². The molecule has 2 aromatic rings. The van der Waals surface area contributed by atoms with Crippen LogP contribution >= 0.6 is 0 Å². The number of hydrogen-bond donors (Lipinski definition) is 2. The smallest absolute Gasteiger partial charge is 0.253 e. The van der Waals surface area contributed by atoms with Gasteiger partial charge in [0.25, 0.3) is 5.91 Å². The van der Waals surface area contributed by atoms with Crippen LogP contribution in [0, 0.1) is 0 Å². The van der Waals surface area contributed by atoms with Gasteiger partial charge in [-0.25, -0.2) is 0 Å². The maximum absolute atomic E-state index is 12.4. The van der Waals surface area contributed by atoms with Crippen LogP contribution < -0.4 is 20.5 Å². The largest absolute Gasteiger partial charge is 0.493 e. The molecule has 0 aliphatic carbocycles. The van der Waals surface area contributed by atoms with Crippen molar-refractivity contribution in [2.45, 2.75) is 6.54 Å². The number of carbonyl (C=O) groups is 1. The standard InChI is InChI=1S/C16H21N3O4/c1-21-5-4-18-16(20)12-9-19-13(8-17)11-7-15(23-3)14(22-2)6-10(11)12/h6-7,9H,4-5,8,17H2,1-3H3,(H,18,20). The normalized spacial score (nSPS) is 10.6. The molecule has 0 aliphatic heterocycles. The van der Waals surface area contributed by atoms with Crippen LogP contribution in [0.15, 0.2) is 18.3 Å². The lowest BCUT2D eigenvalue weighted by atomic mass is 10.0. The zero-order chi connectivity index (χ0) is 16.8. The predicted molar refractivity (Wildman–Crippen MR) is 86.9 cm³/mol. The van der Waals surface area contributed by atoms with Gasteiger partial charge in [0.15, 0.2) is 11.5 Å². The Kier molecular flexibility index (Phi) is 5.72. The molecule has 2 rings (SSSR count). The zero-order valence-electron chi connectivity index (χ0n) is 13.5. The maximum atomic E-state index is 12.4. The van der Waals surface area contributed by atoms with E-state index >= 15 is 0 Å². The molecule has 3 N–H and O–H groups in total. The molecule has 0 fully saturated rings. The maximum Gasteiger partial charge on any atom is 0.253 e. The van der Waals surface area contributed by atoms with Crippen LogP contribution in [0.5, 0.6) is 11.5 Å². The molecule has 1 aromatic carbocycles. The van der Waals surface area contributed by atoms with Crippen LogP contribution in [0.3, 0.4) is 0 Å². The molecule has 7 nitrogen and oxygen atoms in total. The highest BCUT2D eigenvalue weighted by atomic mass is 16.5. The van der Waals surface area contributed by atoms with Crippen LogP contribution in [0.2, 0.25) is 0 Å². The van der Waals surface area contributed by atoms with Crippen LogP contribution in [0.25, 0.3) is 10.8 Å². The van der Waals surface area contributed by atoms with Gasteiger partial charge >= 0.3 is 0 Å². The van der Waals surface area contributed by atoms with E-state index in [0.717, 1.165) is 5.39 Å². The Labute approximate surface area is 134 Å². The van der Waals surface area contributed by atoms with Gasteiger partial charge in [-0.3, -0.25) is 9.78 Å². The van der Waals surface area contributed by atoms with Crippen molar-refractivity contribution in [1.82, 2.24) is 10.3 Å². The summed E-state index contributed by atoms with van der Waals surface area (Å²) in [5.74, 6) is 0.879. The van der Waals surface area contributed by atoms with Gasteiger partial charge < -0.3 is 25.3 Å². The number of ether oxygens (including phenoxy) is 3. The summed E-state index contributed by atoms with van der Waals surface area (Å²) in [6.45, 7) is 1.12. The van der Waals surface area contributed by atoms with Crippen molar-refractivity contribution < 1.29 is 19.0 Å². The number of carbonyl (C=O) groups excluding carboxylic acids is 1. The average Bonchev–Trinajstić information content (AvgIpc) is 2.59. The molecule has 1 aromatic heterocycles. The Balaban J connectivity index is 2.55. The van der Waals surface area contributed by atoms with Crippen molar-refractivity contribution in [3.8, 4) is 11.5 Å².